The largest absolute Gasteiger partial charge is 0.350 e. The molecule has 26 heavy (non-hydrogen) atoms. The van der Waals surface area contributed by atoms with E-state index in [-0.39, 0.29) is 17.4 Å². The van der Waals surface area contributed by atoms with E-state index < -0.39 is 0 Å². The lowest BCUT2D eigenvalue weighted by molar-refractivity contribution is 0.0869. The van der Waals surface area contributed by atoms with Crippen molar-refractivity contribution in [3.05, 3.63) is 23.5 Å². The molecule has 2 aromatic heterocycles. The first kappa shape index (κ1) is 18.8. The maximum atomic E-state index is 12.8. The number of nitrogens with one attached hydrogen (secondary N) is 1. The average molecular weight is 358 g/mol. The Morgan fingerprint density at radius 3 is 2.58 bits per heavy atom. The van der Waals surface area contributed by atoms with Gasteiger partial charge in [0.05, 0.1) is 16.6 Å². The molecule has 1 fully saturated rings. The van der Waals surface area contributed by atoms with Gasteiger partial charge in [0, 0.05) is 18.3 Å². The highest BCUT2D eigenvalue weighted by molar-refractivity contribution is 5.97. The van der Waals surface area contributed by atoms with Gasteiger partial charge in [0.15, 0.2) is 0 Å². The first-order chi connectivity index (χ1) is 12.4. The Hall–Kier alpha value is -1.95. The van der Waals surface area contributed by atoms with E-state index in [2.05, 4.69) is 48.3 Å². The predicted octanol–water partition coefficient (Wildman–Crippen LogP) is 3.73. The van der Waals surface area contributed by atoms with Crippen LogP contribution < -0.4 is 5.32 Å². The molecule has 6 nitrogen and oxygen atoms in total. The summed E-state index contributed by atoms with van der Waals surface area (Å²) in [5.41, 5.74) is 1.93. The fraction of sp³-hybridized carbons (Fsp3) is 0.650. The van der Waals surface area contributed by atoms with E-state index in [0.717, 1.165) is 23.9 Å². The highest BCUT2D eigenvalue weighted by Crippen LogP contribution is 2.30. The molecule has 0 radical (unpaired) electrons. The molecule has 0 aliphatic heterocycles. The average Bonchev–Trinajstić information content (AvgIpc) is 2.89. The second kappa shape index (κ2) is 7.74. The zero-order valence-corrected chi connectivity index (χ0v) is 16.3. The maximum Gasteiger partial charge on any atom is 0.257 e. The molecular weight excluding hydrogens is 328 g/mol. The van der Waals surface area contributed by atoms with Crippen LogP contribution in [0, 0.1) is 0 Å². The Morgan fingerprint density at radius 1 is 1.27 bits per heavy atom. The number of amides is 1. The monoisotopic (exact) mass is 358 g/mol. The Kier molecular flexibility index (Phi) is 5.61. The van der Waals surface area contributed by atoms with E-state index in [0.29, 0.717) is 17.8 Å². The molecule has 0 spiro atoms. The van der Waals surface area contributed by atoms with Crippen LogP contribution in [0.2, 0.25) is 0 Å². The molecule has 0 saturated heterocycles. The van der Waals surface area contributed by atoms with Crippen molar-refractivity contribution in [1.82, 2.24) is 20.4 Å². The Morgan fingerprint density at radius 2 is 1.96 bits per heavy atom. The van der Waals surface area contributed by atoms with Gasteiger partial charge in [0.1, 0.15) is 0 Å². The number of aromatic nitrogens is 2. The first-order valence-electron chi connectivity index (χ1n) is 9.64. The van der Waals surface area contributed by atoms with Crippen LogP contribution in [0.4, 0.5) is 0 Å². The number of pyridine rings is 1. The van der Waals surface area contributed by atoms with Crippen LogP contribution in [0.25, 0.3) is 11.1 Å². The molecule has 1 aliphatic rings. The van der Waals surface area contributed by atoms with Gasteiger partial charge in [0.25, 0.3) is 11.6 Å². The van der Waals surface area contributed by atoms with Crippen LogP contribution in [0.15, 0.2) is 16.8 Å². The fourth-order valence-electron chi connectivity index (χ4n) is 3.91. The fourth-order valence-corrected chi connectivity index (χ4v) is 3.91. The second-order valence-corrected chi connectivity index (χ2v) is 8.01. The van der Waals surface area contributed by atoms with Crippen LogP contribution in [0.1, 0.15) is 74.3 Å². The van der Waals surface area contributed by atoms with Gasteiger partial charge in [-0.2, -0.15) is 0 Å². The van der Waals surface area contributed by atoms with Gasteiger partial charge >= 0.3 is 0 Å². The Balaban J connectivity index is 1.76. The van der Waals surface area contributed by atoms with Crippen LogP contribution in [0.3, 0.4) is 0 Å². The number of likely N-dealkylation sites (N-methyl/N-ethyl adjacent to an activating group) is 1. The number of nitrogens with zero attached hydrogens (tertiary/aromatic N) is 3. The van der Waals surface area contributed by atoms with Gasteiger partial charge in [-0.25, -0.2) is 4.98 Å². The lowest BCUT2D eigenvalue weighted by atomic mass is 9.88. The Labute approximate surface area is 155 Å². The van der Waals surface area contributed by atoms with Crippen molar-refractivity contribution >= 4 is 17.0 Å². The summed E-state index contributed by atoms with van der Waals surface area (Å²) in [4.78, 5) is 19.3. The van der Waals surface area contributed by atoms with E-state index in [4.69, 9.17) is 4.52 Å². The van der Waals surface area contributed by atoms with E-state index in [1.807, 2.05) is 6.07 Å². The van der Waals surface area contributed by atoms with Crippen molar-refractivity contribution in [3.8, 4) is 0 Å². The van der Waals surface area contributed by atoms with Crippen molar-refractivity contribution < 1.29 is 9.32 Å². The molecule has 0 bridgehead atoms. The summed E-state index contributed by atoms with van der Waals surface area (Å²) in [7, 11) is 4.24. The Bertz CT molecular complexity index is 758. The highest BCUT2D eigenvalue weighted by Gasteiger charge is 2.33. The van der Waals surface area contributed by atoms with Crippen LogP contribution in [-0.4, -0.2) is 47.1 Å². The molecule has 3 rings (SSSR count). The number of fused-ring (bicyclic) bond motifs is 1. The third kappa shape index (κ3) is 3.75. The smallest absolute Gasteiger partial charge is 0.257 e. The molecule has 0 atom stereocenters. The summed E-state index contributed by atoms with van der Waals surface area (Å²) in [5.74, 6) is 0.139. The minimum Gasteiger partial charge on any atom is -0.350 e. The maximum absolute atomic E-state index is 12.8. The predicted molar refractivity (Wildman–Crippen MR) is 102 cm³/mol. The van der Waals surface area contributed by atoms with E-state index in [9.17, 15) is 4.79 Å². The quantitative estimate of drug-likeness (QED) is 0.825. The molecule has 2 aromatic rings. The third-order valence-electron chi connectivity index (χ3n) is 5.73. The number of hydrogen-bond acceptors (Lipinski definition) is 5. The number of rotatable bonds is 5. The lowest BCUT2D eigenvalue weighted by Crippen LogP contribution is -2.52. The van der Waals surface area contributed by atoms with E-state index >= 15 is 0 Å². The van der Waals surface area contributed by atoms with Crippen molar-refractivity contribution in [2.45, 2.75) is 63.8 Å². The van der Waals surface area contributed by atoms with Gasteiger partial charge in [-0.1, -0.05) is 44.7 Å². The van der Waals surface area contributed by atoms with Gasteiger partial charge in [0.2, 0.25) is 0 Å². The third-order valence-corrected chi connectivity index (χ3v) is 5.73. The van der Waals surface area contributed by atoms with Crippen LogP contribution >= 0.6 is 0 Å². The van der Waals surface area contributed by atoms with Gasteiger partial charge in [-0.15, -0.1) is 0 Å². The summed E-state index contributed by atoms with van der Waals surface area (Å²) in [5, 5.41) is 8.06. The van der Waals surface area contributed by atoms with E-state index in [1.54, 1.807) is 6.20 Å². The molecule has 0 unspecified atom stereocenters. The highest BCUT2D eigenvalue weighted by atomic mass is 16.5. The molecule has 1 N–H and O–H groups in total. The SMILES string of the molecule is CC(C)c1noc2ncc(C(=O)NCC3(N(C)C)CCCCCC3)cc12. The standard InChI is InChI=1S/C20H30N4O2/c1-14(2)17-16-11-15(12-21-19(16)26-23-17)18(25)22-13-20(24(3)4)9-7-5-6-8-10-20/h11-12,14H,5-10,13H2,1-4H3,(H,22,25). The van der Waals surface area contributed by atoms with Gasteiger partial charge in [-0.3, -0.25) is 4.79 Å². The summed E-state index contributed by atoms with van der Waals surface area (Å²) in [6, 6.07) is 1.85. The van der Waals surface area contributed by atoms with Crippen LogP contribution in [0.5, 0.6) is 0 Å². The zero-order chi connectivity index (χ0) is 18.7. The molecule has 1 aliphatic carbocycles. The van der Waals surface area contributed by atoms with Gasteiger partial charge < -0.3 is 14.7 Å². The molecule has 0 aromatic carbocycles. The minimum absolute atomic E-state index is 0.0456. The van der Waals surface area contributed by atoms with Crippen molar-refractivity contribution in [1.29, 1.82) is 0 Å². The molecule has 2 heterocycles. The minimum atomic E-state index is -0.0826. The van der Waals surface area contributed by atoms with Crippen molar-refractivity contribution in [2.24, 2.45) is 0 Å². The number of carbonyl (C=O) groups is 1. The molecular formula is C20H30N4O2. The summed E-state index contributed by atoms with van der Waals surface area (Å²) in [6.07, 6.45) is 8.84. The van der Waals surface area contributed by atoms with Crippen molar-refractivity contribution in [3.63, 3.8) is 0 Å². The zero-order valence-electron chi connectivity index (χ0n) is 16.3. The first-order valence-corrected chi connectivity index (χ1v) is 9.64. The molecule has 6 heteroatoms. The van der Waals surface area contributed by atoms with Crippen molar-refractivity contribution in [2.75, 3.05) is 20.6 Å². The summed E-state index contributed by atoms with van der Waals surface area (Å²) < 4.78 is 5.26. The lowest BCUT2D eigenvalue weighted by Gasteiger charge is -2.39. The number of hydrogen-bond donors (Lipinski definition) is 1. The molecule has 1 amide bonds. The molecule has 142 valence electrons. The molecule has 1 saturated carbocycles. The van der Waals surface area contributed by atoms with Crippen LogP contribution in [-0.2, 0) is 0 Å². The van der Waals surface area contributed by atoms with Gasteiger partial charge in [-0.05, 0) is 38.9 Å². The topological polar surface area (TPSA) is 71.3 Å². The summed E-state index contributed by atoms with van der Waals surface area (Å²) >= 11 is 0. The summed E-state index contributed by atoms with van der Waals surface area (Å²) in [6.45, 7) is 4.77. The second-order valence-electron chi connectivity index (χ2n) is 8.01. The number of carbonyl (C=O) groups excluding carboxylic acids is 1. The van der Waals surface area contributed by atoms with E-state index in [1.165, 1.54) is 25.7 Å². The normalized spacial score (nSPS) is 17.6.